The molecule has 0 aromatic heterocycles. The van der Waals surface area contributed by atoms with Crippen LogP contribution in [0.3, 0.4) is 0 Å². The Hall–Kier alpha value is -3.19. The summed E-state index contributed by atoms with van der Waals surface area (Å²) in [7, 11) is 0. The van der Waals surface area contributed by atoms with E-state index in [0.717, 1.165) is 70.6 Å². The van der Waals surface area contributed by atoms with Crippen molar-refractivity contribution in [1.82, 2.24) is 5.32 Å². The fourth-order valence-corrected chi connectivity index (χ4v) is 5.45. The first-order valence-electron chi connectivity index (χ1n) is 20.3. The molecule has 0 aliphatic rings. The lowest BCUT2D eigenvalue weighted by Crippen LogP contribution is -2.40. The SMILES string of the molecule is CC/C=C\C/C=C\C/C=C\C/C=C\C(CCCCCC(=O)NC(CCCN)C(=O)O)OC(=O)CCCCCCC/C=C\C/C=C\CCCCCC. The Morgan fingerprint density at radius 3 is 1.75 bits per heavy atom. The van der Waals surface area contributed by atoms with Gasteiger partial charge in [0.05, 0.1) is 0 Å². The first-order chi connectivity index (χ1) is 24.9. The molecule has 0 aromatic rings. The van der Waals surface area contributed by atoms with Crippen molar-refractivity contribution in [2.24, 2.45) is 5.73 Å². The summed E-state index contributed by atoms with van der Waals surface area (Å²) in [6.45, 7) is 4.77. The van der Waals surface area contributed by atoms with Crippen LogP contribution < -0.4 is 11.1 Å². The lowest BCUT2D eigenvalue weighted by Gasteiger charge is -2.15. The number of amides is 1. The zero-order valence-electron chi connectivity index (χ0n) is 32.4. The third-order valence-electron chi connectivity index (χ3n) is 8.49. The zero-order chi connectivity index (χ0) is 37.5. The summed E-state index contributed by atoms with van der Waals surface area (Å²) in [4.78, 5) is 36.4. The van der Waals surface area contributed by atoms with Gasteiger partial charge in [-0.15, -0.1) is 0 Å². The van der Waals surface area contributed by atoms with Crippen LogP contribution >= 0.6 is 0 Å². The standard InChI is InChI=1S/C44H74N2O5/c1-3-5-7-9-11-13-15-16-17-18-19-21-23-25-27-32-38-43(48)51-40(34-29-26-24-22-20-14-12-10-8-6-4-2)35-30-28-31-37-42(47)46-41(44(49)50)36-33-39-45/h6,8,12-15,17-18,22,24,29,34,40-41H,3-5,7,9-11,16,19-21,23,25-28,30-33,35-39,45H2,1-2H3,(H,46,47)(H,49,50)/b8-6-,14-12-,15-13-,18-17-,24-22-,34-29-. The Kier molecular flexibility index (Phi) is 35.7. The van der Waals surface area contributed by atoms with Gasteiger partial charge in [-0.1, -0.05) is 126 Å². The molecule has 51 heavy (non-hydrogen) atoms. The number of allylic oxidation sites excluding steroid dienone is 11. The Labute approximate surface area is 312 Å². The van der Waals surface area contributed by atoms with Gasteiger partial charge in [0.2, 0.25) is 5.91 Å². The summed E-state index contributed by atoms with van der Waals surface area (Å²) < 4.78 is 5.87. The number of hydrogen-bond acceptors (Lipinski definition) is 5. The molecule has 0 heterocycles. The van der Waals surface area contributed by atoms with Gasteiger partial charge in [0.15, 0.2) is 0 Å². The van der Waals surface area contributed by atoms with Crippen molar-refractivity contribution < 1.29 is 24.2 Å². The van der Waals surface area contributed by atoms with E-state index in [0.29, 0.717) is 38.6 Å². The number of ether oxygens (including phenoxy) is 1. The molecule has 290 valence electrons. The van der Waals surface area contributed by atoms with Gasteiger partial charge in [-0.25, -0.2) is 4.79 Å². The lowest BCUT2D eigenvalue weighted by molar-refractivity contribution is -0.147. The molecule has 0 aromatic carbocycles. The van der Waals surface area contributed by atoms with Crippen LogP contribution in [0.2, 0.25) is 0 Å². The van der Waals surface area contributed by atoms with E-state index in [2.05, 4.69) is 86.0 Å². The lowest BCUT2D eigenvalue weighted by atomic mass is 10.1. The number of carbonyl (C=O) groups is 3. The summed E-state index contributed by atoms with van der Waals surface area (Å²) in [6.07, 6.45) is 48.1. The minimum Gasteiger partial charge on any atom is -0.480 e. The molecule has 0 bridgehead atoms. The van der Waals surface area contributed by atoms with E-state index in [9.17, 15) is 19.5 Å². The number of carboxylic acid groups (broad SMARTS) is 1. The molecule has 0 saturated carbocycles. The van der Waals surface area contributed by atoms with Crippen LogP contribution in [-0.2, 0) is 19.1 Å². The quantitative estimate of drug-likeness (QED) is 0.0342. The monoisotopic (exact) mass is 711 g/mol. The van der Waals surface area contributed by atoms with Crippen LogP contribution in [0.25, 0.3) is 0 Å². The van der Waals surface area contributed by atoms with Gasteiger partial charge in [0, 0.05) is 12.8 Å². The summed E-state index contributed by atoms with van der Waals surface area (Å²) in [5, 5.41) is 11.9. The molecule has 0 aliphatic carbocycles. The second-order valence-corrected chi connectivity index (χ2v) is 13.3. The normalized spacial score (nSPS) is 13.5. The van der Waals surface area contributed by atoms with E-state index in [1.165, 1.54) is 44.9 Å². The van der Waals surface area contributed by atoms with Gasteiger partial charge in [0.1, 0.15) is 12.1 Å². The fourth-order valence-electron chi connectivity index (χ4n) is 5.45. The molecule has 7 nitrogen and oxygen atoms in total. The first-order valence-corrected chi connectivity index (χ1v) is 20.3. The Morgan fingerprint density at radius 2 is 1.14 bits per heavy atom. The minimum atomic E-state index is -1.03. The number of esters is 1. The third kappa shape index (κ3) is 35.0. The Bertz CT molecular complexity index is 1030. The molecule has 0 rings (SSSR count). The smallest absolute Gasteiger partial charge is 0.326 e. The van der Waals surface area contributed by atoms with E-state index < -0.39 is 12.0 Å². The van der Waals surface area contributed by atoms with Crippen molar-refractivity contribution in [1.29, 1.82) is 0 Å². The van der Waals surface area contributed by atoms with Crippen LogP contribution in [0.1, 0.15) is 168 Å². The number of carbonyl (C=O) groups excluding carboxylic acids is 2. The van der Waals surface area contributed by atoms with Crippen molar-refractivity contribution in [2.75, 3.05) is 6.54 Å². The zero-order valence-corrected chi connectivity index (χ0v) is 32.4. The summed E-state index contributed by atoms with van der Waals surface area (Å²) in [6, 6.07) is -0.896. The predicted molar refractivity (Wildman–Crippen MR) is 215 cm³/mol. The molecule has 0 fully saturated rings. The first kappa shape index (κ1) is 47.8. The number of nitrogens with one attached hydrogen (secondary N) is 1. The van der Waals surface area contributed by atoms with E-state index in [-0.39, 0.29) is 24.4 Å². The van der Waals surface area contributed by atoms with Crippen molar-refractivity contribution in [3.8, 4) is 0 Å². The molecule has 0 radical (unpaired) electrons. The Balaban J connectivity index is 4.51. The highest BCUT2D eigenvalue weighted by Gasteiger charge is 2.19. The van der Waals surface area contributed by atoms with E-state index in [4.69, 9.17) is 10.5 Å². The van der Waals surface area contributed by atoms with E-state index in [1.54, 1.807) is 0 Å². The second-order valence-electron chi connectivity index (χ2n) is 13.3. The predicted octanol–water partition coefficient (Wildman–Crippen LogP) is 11.2. The maximum Gasteiger partial charge on any atom is 0.326 e. The summed E-state index contributed by atoms with van der Waals surface area (Å²) in [5.41, 5.74) is 5.48. The fraction of sp³-hybridized carbons (Fsp3) is 0.659. The Morgan fingerprint density at radius 1 is 0.608 bits per heavy atom. The highest BCUT2D eigenvalue weighted by atomic mass is 16.5. The van der Waals surface area contributed by atoms with Crippen LogP contribution in [-0.4, -0.2) is 41.6 Å². The highest BCUT2D eigenvalue weighted by molar-refractivity contribution is 5.83. The number of rotatable bonds is 35. The maximum absolute atomic E-state index is 12.7. The number of aliphatic carboxylic acids is 1. The van der Waals surface area contributed by atoms with E-state index >= 15 is 0 Å². The largest absolute Gasteiger partial charge is 0.480 e. The molecule has 2 unspecified atom stereocenters. The minimum absolute atomic E-state index is 0.152. The van der Waals surface area contributed by atoms with Gasteiger partial charge in [-0.2, -0.15) is 0 Å². The average Bonchev–Trinajstić information content (AvgIpc) is 3.11. The van der Waals surface area contributed by atoms with Crippen LogP contribution in [0.5, 0.6) is 0 Å². The van der Waals surface area contributed by atoms with Crippen molar-refractivity contribution in [2.45, 2.75) is 180 Å². The maximum atomic E-state index is 12.7. The number of hydrogen-bond donors (Lipinski definition) is 3. The second kappa shape index (κ2) is 38.1. The summed E-state index contributed by atoms with van der Waals surface area (Å²) >= 11 is 0. The molecular weight excluding hydrogens is 636 g/mol. The van der Waals surface area contributed by atoms with Gasteiger partial charge in [-0.05, 0) is 109 Å². The van der Waals surface area contributed by atoms with Gasteiger partial charge >= 0.3 is 11.9 Å². The summed E-state index contributed by atoms with van der Waals surface area (Å²) in [5.74, 6) is -1.44. The van der Waals surface area contributed by atoms with Gasteiger partial charge < -0.3 is 20.9 Å². The molecule has 0 spiro atoms. The molecule has 4 N–H and O–H groups in total. The molecule has 1 amide bonds. The topological polar surface area (TPSA) is 119 Å². The van der Waals surface area contributed by atoms with Crippen molar-refractivity contribution >= 4 is 17.8 Å². The van der Waals surface area contributed by atoms with Crippen LogP contribution in [0.15, 0.2) is 72.9 Å². The third-order valence-corrected chi connectivity index (χ3v) is 8.49. The number of nitrogens with two attached hydrogens (primary N) is 1. The van der Waals surface area contributed by atoms with Gasteiger partial charge in [-0.3, -0.25) is 9.59 Å². The molecule has 0 aliphatic heterocycles. The number of unbranched alkanes of at least 4 members (excludes halogenated alkanes) is 11. The molecular formula is C44H74N2O5. The van der Waals surface area contributed by atoms with Crippen molar-refractivity contribution in [3.63, 3.8) is 0 Å². The van der Waals surface area contributed by atoms with Crippen LogP contribution in [0, 0.1) is 0 Å². The number of carboxylic acids is 1. The average molecular weight is 711 g/mol. The van der Waals surface area contributed by atoms with Gasteiger partial charge in [0.25, 0.3) is 0 Å². The molecule has 0 saturated heterocycles. The van der Waals surface area contributed by atoms with E-state index in [1.807, 2.05) is 6.08 Å². The highest BCUT2D eigenvalue weighted by Crippen LogP contribution is 2.14. The molecule has 7 heteroatoms. The van der Waals surface area contributed by atoms with Crippen molar-refractivity contribution in [3.05, 3.63) is 72.9 Å². The van der Waals surface area contributed by atoms with Crippen LogP contribution in [0.4, 0.5) is 0 Å². The molecule has 2 atom stereocenters.